The maximum atomic E-state index is 1.62. The van der Waals surface area contributed by atoms with Crippen LogP contribution in [0.4, 0.5) is 0 Å². The minimum atomic E-state index is 1.27. The normalized spacial score (nSPS) is 87.0. The van der Waals surface area contributed by atoms with Gasteiger partial charge in [-0.2, -0.15) is 0 Å². The van der Waals surface area contributed by atoms with Crippen LogP contribution < -0.4 is 0 Å². The predicted molar refractivity (Wildman–Crippen MR) is 30.2 cm³/mol. The molecular weight excluding hydrogens is 96.1 g/mol. The van der Waals surface area contributed by atoms with Gasteiger partial charge in [-0.05, 0) is 48.3 Å². The van der Waals surface area contributed by atoms with Crippen molar-refractivity contribution in [1.29, 1.82) is 0 Å². The van der Waals surface area contributed by atoms with Crippen LogP contribution in [0.3, 0.4) is 0 Å². The van der Waals surface area contributed by atoms with Gasteiger partial charge >= 0.3 is 0 Å². The summed E-state index contributed by atoms with van der Waals surface area (Å²) >= 11 is 0. The number of rotatable bonds is 0. The number of fused-ring (bicyclic) bond motifs is 1. The standard InChI is InChI=1S/C8H10/c1-2-4-7-5-3(1)6(5)8(4)7/h3-8H,1-2H2. The monoisotopic (exact) mass is 106 g/mol. The first-order valence-electron chi connectivity index (χ1n) is 3.98. The van der Waals surface area contributed by atoms with Crippen molar-refractivity contribution >= 4 is 0 Å². The lowest BCUT2D eigenvalue weighted by Gasteiger charge is -2.04. The molecule has 0 saturated heterocycles. The van der Waals surface area contributed by atoms with Crippen molar-refractivity contribution in [2.45, 2.75) is 12.8 Å². The van der Waals surface area contributed by atoms with E-state index in [9.17, 15) is 0 Å². The summed E-state index contributed by atoms with van der Waals surface area (Å²) < 4.78 is 0. The third-order valence-electron chi connectivity index (χ3n) is 4.31. The Kier molecular flexibility index (Phi) is 0.255. The van der Waals surface area contributed by atoms with Gasteiger partial charge in [0.15, 0.2) is 0 Å². The fourth-order valence-electron chi connectivity index (χ4n) is 4.03. The Morgan fingerprint density at radius 1 is 0.625 bits per heavy atom. The molecule has 0 aromatic carbocycles. The van der Waals surface area contributed by atoms with Crippen LogP contribution in [0.2, 0.25) is 0 Å². The highest BCUT2D eigenvalue weighted by atomic mass is 14.9. The molecule has 0 aromatic rings. The van der Waals surface area contributed by atoms with Crippen molar-refractivity contribution in [3.05, 3.63) is 0 Å². The molecule has 0 spiro atoms. The molecule has 0 amide bonds. The largest absolute Gasteiger partial charge is 0.0496 e. The molecule has 0 unspecified atom stereocenters. The van der Waals surface area contributed by atoms with Crippen molar-refractivity contribution in [3.8, 4) is 0 Å². The first-order chi connectivity index (χ1) is 3.98. The molecule has 5 saturated carbocycles. The fourth-order valence-corrected chi connectivity index (χ4v) is 4.03. The molecule has 5 rings (SSSR count). The van der Waals surface area contributed by atoms with E-state index in [1.807, 2.05) is 0 Å². The van der Waals surface area contributed by atoms with Gasteiger partial charge in [-0.15, -0.1) is 0 Å². The van der Waals surface area contributed by atoms with Crippen LogP contribution in [-0.2, 0) is 0 Å². The number of hydrogen-bond acceptors (Lipinski definition) is 0. The molecule has 42 valence electrons. The smallest absolute Gasteiger partial charge is 0.0315 e. The summed E-state index contributed by atoms with van der Waals surface area (Å²) in [7, 11) is 0. The van der Waals surface area contributed by atoms with Crippen molar-refractivity contribution in [3.63, 3.8) is 0 Å². The molecule has 0 atom stereocenters. The van der Waals surface area contributed by atoms with Crippen LogP contribution in [0.5, 0.6) is 0 Å². The molecule has 0 N–H and O–H groups in total. The van der Waals surface area contributed by atoms with E-state index < -0.39 is 0 Å². The molecule has 0 heterocycles. The predicted octanol–water partition coefficient (Wildman–Crippen LogP) is 1.52. The highest BCUT2D eigenvalue weighted by molar-refractivity contribution is 5.30. The average molecular weight is 106 g/mol. The highest BCUT2D eigenvalue weighted by Gasteiger charge is 2.83. The van der Waals surface area contributed by atoms with Gasteiger partial charge in [-0.1, -0.05) is 0 Å². The minimum Gasteiger partial charge on any atom is -0.0496 e. The van der Waals surface area contributed by atoms with E-state index in [1.165, 1.54) is 35.5 Å². The molecule has 0 aliphatic heterocycles. The molecule has 2 bridgehead atoms. The molecule has 8 heavy (non-hydrogen) atoms. The molecule has 5 aliphatic rings. The van der Waals surface area contributed by atoms with E-state index >= 15 is 0 Å². The second-order valence-electron chi connectivity index (χ2n) is 4.21. The third-order valence-corrected chi connectivity index (χ3v) is 4.31. The van der Waals surface area contributed by atoms with Gasteiger partial charge in [-0.25, -0.2) is 0 Å². The zero-order valence-electron chi connectivity index (χ0n) is 4.88. The van der Waals surface area contributed by atoms with Crippen molar-refractivity contribution < 1.29 is 0 Å². The third kappa shape index (κ3) is 0.138. The van der Waals surface area contributed by atoms with Gasteiger partial charge in [0.05, 0.1) is 0 Å². The van der Waals surface area contributed by atoms with E-state index in [4.69, 9.17) is 0 Å². The average Bonchev–Trinajstić information content (AvgIpc) is 2.41. The van der Waals surface area contributed by atoms with Crippen LogP contribution in [-0.4, -0.2) is 0 Å². The van der Waals surface area contributed by atoms with Crippen LogP contribution in [0, 0.1) is 35.5 Å². The molecule has 0 heteroatoms. The summed E-state index contributed by atoms with van der Waals surface area (Å²) in [5.41, 5.74) is 0. The van der Waals surface area contributed by atoms with E-state index in [-0.39, 0.29) is 0 Å². The van der Waals surface area contributed by atoms with Crippen LogP contribution in [0.15, 0.2) is 0 Å². The topological polar surface area (TPSA) is 0 Å². The van der Waals surface area contributed by atoms with Crippen LogP contribution in [0.25, 0.3) is 0 Å². The minimum absolute atomic E-state index is 1.27. The van der Waals surface area contributed by atoms with Gasteiger partial charge in [0.25, 0.3) is 0 Å². The molecule has 0 radical (unpaired) electrons. The maximum Gasteiger partial charge on any atom is -0.0315 e. The second-order valence-corrected chi connectivity index (χ2v) is 4.21. The van der Waals surface area contributed by atoms with Crippen LogP contribution in [0.1, 0.15) is 12.8 Å². The van der Waals surface area contributed by atoms with Crippen molar-refractivity contribution in [2.24, 2.45) is 35.5 Å². The summed E-state index contributed by atoms with van der Waals surface area (Å²) in [5.74, 6) is 7.76. The Morgan fingerprint density at radius 3 is 1.25 bits per heavy atom. The van der Waals surface area contributed by atoms with Crippen LogP contribution >= 0.6 is 0 Å². The van der Waals surface area contributed by atoms with Crippen molar-refractivity contribution in [2.75, 3.05) is 0 Å². The molecule has 5 fully saturated rings. The summed E-state index contributed by atoms with van der Waals surface area (Å²) in [6.45, 7) is 0. The second kappa shape index (κ2) is 0.630. The summed E-state index contributed by atoms with van der Waals surface area (Å²) in [6, 6.07) is 0. The molecular formula is C8H10. The fraction of sp³-hybridized carbons (Fsp3) is 1.00. The van der Waals surface area contributed by atoms with Gasteiger partial charge in [0.1, 0.15) is 0 Å². The SMILES string of the molecule is C1CC2C3C4C1C4C23. The van der Waals surface area contributed by atoms with E-state index in [0.29, 0.717) is 0 Å². The van der Waals surface area contributed by atoms with Crippen molar-refractivity contribution in [1.82, 2.24) is 0 Å². The summed E-state index contributed by atoms with van der Waals surface area (Å²) in [6.07, 6.45) is 3.24. The van der Waals surface area contributed by atoms with Gasteiger partial charge < -0.3 is 0 Å². The molecule has 0 nitrogen and oxygen atoms in total. The Balaban J connectivity index is 1.96. The van der Waals surface area contributed by atoms with Gasteiger partial charge in [0.2, 0.25) is 0 Å². The lowest BCUT2D eigenvalue weighted by atomic mass is 10.0. The van der Waals surface area contributed by atoms with E-state index in [2.05, 4.69) is 0 Å². The Hall–Kier alpha value is 0. The first-order valence-corrected chi connectivity index (χ1v) is 3.98. The Morgan fingerprint density at radius 2 is 1.00 bits per heavy atom. The zero-order valence-corrected chi connectivity index (χ0v) is 4.88. The van der Waals surface area contributed by atoms with E-state index in [0.717, 1.165) is 0 Å². The summed E-state index contributed by atoms with van der Waals surface area (Å²) in [5, 5.41) is 0. The number of hydrogen-bond donors (Lipinski definition) is 0. The first kappa shape index (κ1) is 3.24. The van der Waals surface area contributed by atoms with Gasteiger partial charge in [-0.3, -0.25) is 0 Å². The lowest BCUT2D eigenvalue weighted by Crippen LogP contribution is -2.00. The highest BCUT2D eigenvalue weighted by Crippen LogP contribution is 2.88. The van der Waals surface area contributed by atoms with Gasteiger partial charge in [0, 0.05) is 0 Å². The summed E-state index contributed by atoms with van der Waals surface area (Å²) in [4.78, 5) is 0. The molecule has 5 aliphatic carbocycles. The lowest BCUT2D eigenvalue weighted by molar-refractivity contribution is 0.434. The quantitative estimate of drug-likeness (QED) is 0.439. The maximum absolute atomic E-state index is 1.62. The van der Waals surface area contributed by atoms with E-state index in [1.54, 1.807) is 12.8 Å². The zero-order chi connectivity index (χ0) is 4.88. The Bertz CT molecular complexity index is 110. The Labute approximate surface area is 49.3 Å². The molecule has 0 aromatic heterocycles.